The van der Waals surface area contributed by atoms with Crippen molar-refractivity contribution in [2.75, 3.05) is 7.11 Å². The Bertz CT molecular complexity index is 679. The van der Waals surface area contributed by atoms with E-state index in [0.29, 0.717) is 17.9 Å². The Hall–Kier alpha value is -0.609. The summed E-state index contributed by atoms with van der Waals surface area (Å²) < 4.78 is 74.4. The number of rotatable bonds is 5. The number of benzene rings is 2. The van der Waals surface area contributed by atoms with E-state index in [4.69, 9.17) is 9.47 Å². The minimum absolute atomic E-state index is 0. The van der Waals surface area contributed by atoms with E-state index in [2.05, 4.69) is 0 Å². The zero-order valence-corrected chi connectivity index (χ0v) is 15.6. The van der Waals surface area contributed by atoms with Gasteiger partial charge in [-0.25, -0.2) is 8.78 Å². The summed E-state index contributed by atoms with van der Waals surface area (Å²) in [7, 11) is 1.39. The molecular weight excluding hydrogens is 345 g/mol. The van der Waals surface area contributed by atoms with E-state index >= 15 is 0 Å². The molecule has 0 spiro atoms. The van der Waals surface area contributed by atoms with Crippen LogP contribution in [-0.4, -0.2) is 14.1 Å². The first kappa shape index (κ1) is 20.4. The summed E-state index contributed by atoms with van der Waals surface area (Å²) in [6.45, 7) is -5.66. The maximum absolute atomic E-state index is 13.7. The number of halogens is 5. The molecule has 0 saturated carbocycles. The van der Waals surface area contributed by atoms with E-state index in [-0.39, 0.29) is 69.3 Å². The fourth-order valence-electron chi connectivity index (χ4n) is 1.80. The molecule has 0 heterocycles. The van der Waals surface area contributed by atoms with Crippen molar-refractivity contribution in [1.29, 1.82) is 0 Å². The van der Waals surface area contributed by atoms with Gasteiger partial charge in [0.25, 0.3) is 0 Å². The zero-order valence-electron chi connectivity index (χ0n) is 12.5. The molecule has 2 aromatic carbocycles. The predicted molar refractivity (Wildman–Crippen MR) is 72.4 cm³/mol. The summed E-state index contributed by atoms with van der Waals surface area (Å²) in [5, 5.41) is 0. The van der Waals surface area contributed by atoms with Gasteiger partial charge in [0.05, 0.1) is 12.9 Å². The molecule has 2 rings (SSSR count). The molecule has 0 amide bonds. The van der Waals surface area contributed by atoms with Gasteiger partial charge in [-0.3, -0.25) is 0 Å². The SMILES string of the molecule is COc1ccc(COc2ccc([B-](F)(F)F)c(F)c2)c(F)c1.[K+]. The molecule has 0 N–H and O–H groups in total. The van der Waals surface area contributed by atoms with Gasteiger partial charge in [0.1, 0.15) is 23.9 Å². The van der Waals surface area contributed by atoms with E-state index in [1.165, 1.54) is 19.2 Å². The second kappa shape index (κ2) is 8.48. The standard InChI is InChI=1S/C14H11BF5O2.K/c1-21-10-3-2-9(13(16)6-10)8-22-11-4-5-12(14(17)7-11)15(18,19)20;/h2-7H,8H2,1H3;/q-1;+1. The van der Waals surface area contributed by atoms with Gasteiger partial charge in [0.2, 0.25) is 0 Å². The third-order valence-electron chi connectivity index (χ3n) is 2.98. The topological polar surface area (TPSA) is 18.5 Å². The number of hydrogen-bond donors (Lipinski definition) is 0. The molecule has 0 radical (unpaired) electrons. The molecule has 9 heteroatoms. The Morgan fingerprint density at radius 1 is 0.913 bits per heavy atom. The quantitative estimate of drug-likeness (QED) is 0.578. The maximum atomic E-state index is 13.7. The molecule has 0 fully saturated rings. The second-order valence-corrected chi connectivity index (χ2v) is 4.50. The van der Waals surface area contributed by atoms with Crippen LogP contribution in [0.25, 0.3) is 0 Å². The minimum Gasteiger partial charge on any atom is -0.497 e. The summed E-state index contributed by atoms with van der Waals surface area (Å²) in [6.07, 6.45) is 0. The maximum Gasteiger partial charge on any atom is 1.00 e. The van der Waals surface area contributed by atoms with Gasteiger partial charge in [0, 0.05) is 17.7 Å². The monoisotopic (exact) mass is 356 g/mol. The molecule has 2 nitrogen and oxygen atoms in total. The summed E-state index contributed by atoms with van der Waals surface area (Å²) in [4.78, 5) is 0. The first-order valence-electron chi connectivity index (χ1n) is 6.26. The molecule has 23 heavy (non-hydrogen) atoms. The Kier molecular flexibility index (Phi) is 7.53. The average Bonchev–Trinajstić information content (AvgIpc) is 2.44. The molecule has 0 aromatic heterocycles. The second-order valence-electron chi connectivity index (χ2n) is 4.50. The Balaban J connectivity index is 0.00000264. The van der Waals surface area contributed by atoms with Gasteiger partial charge in [-0.1, -0.05) is 11.5 Å². The van der Waals surface area contributed by atoms with Crippen molar-refractivity contribution < 1.29 is 82.6 Å². The molecule has 0 saturated heterocycles. The summed E-state index contributed by atoms with van der Waals surface area (Å²) >= 11 is 0. The third-order valence-corrected chi connectivity index (χ3v) is 2.98. The molecule has 0 aliphatic carbocycles. The van der Waals surface area contributed by atoms with E-state index < -0.39 is 24.1 Å². The van der Waals surface area contributed by atoms with Crippen LogP contribution in [0.2, 0.25) is 0 Å². The van der Waals surface area contributed by atoms with E-state index in [0.717, 1.165) is 12.1 Å². The largest absolute Gasteiger partial charge is 1.00 e. The Morgan fingerprint density at radius 3 is 2.04 bits per heavy atom. The van der Waals surface area contributed by atoms with Gasteiger partial charge in [-0.2, -0.15) is 0 Å². The van der Waals surface area contributed by atoms with Crippen molar-refractivity contribution >= 4 is 12.4 Å². The minimum atomic E-state index is -5.42. The van der Waals surface area contributed by atoms with Crippen LogP contribution in [0, 0.1) is 11.6 Å². The van der Waals surface area contributed by atoms with Gasteiger partial charge in [-0.15, -0.1) is 0 Å². The van der Waals surface area contributed by atoms with Crippen molar-refractivity contribution in [1.82, 2.24) is 0 Å². The van der Waals surface area contributed by atoms with Crippen molar-refractivity contribution in [3.05, 3.63) is 53.6 Å². The van der Waals surface area contributed by atoms with Gasteiger partial charge < -0.3 is 22.4 Å². The van der Waals surface area contributed by atoms with Gasteiger partial charge >= 0.3 is 58.4 Å². The van der Waals surface area contributed by atoms with Crippen LogP contribution in [0.15, 0.2) is 36.4 Å². The van der Waals surface area contributed by atoms with Crippen LogP contribution in [0.4, 0.5) is 21.7 Å². The van der Waals surface area contributed by atoms with Crippen LogP contribution in [0.1, 0.15) is 5.56 Å². The molecule has 0 unspecified atom stereocenters. The van der Waals surface area contributed by atoms with Gasteiger partial charge in [0.15, 0.2) is 0 Å². The van der Waals surface area contributed by atoms with Crippen molar-refractivity contribution in [2.24, 2.45) is 0 Å². The first-order valence-corrected chi connectivity index (χ1v) is 6.26. The Morgan fingerprint density at radius 2 is 1.52 bits per heavy atom. The van der Waals surface area contributed by atoms with E-state index in [9.17, 15) is 21.7 Å². The molecule has 0 bridgehead atoms. The molecule has 2 aromatic rings. The summed E-state index contributed by atoms with van der Waals surface area (Å²) in [5.41, 5.74) is -1.15. The average molecular weight is 356 g/mol. The zero-order chi connectivity index (χ0) is 16.3. The summed E-state index contributed by atoms with van der Waals surface area (Å²) in [5.74, 6) is -1.80. The molecule has 0 aliphatic rings. The number of methoxy groups -OCH3 is 1. The van der Waals surface area contributed by atoms with Crippen LogP contribution in [-0.2, 0) is 6.61 Å². The predicted octanol–water partition coefficient (Wildman–Crippen LogP) is 0.611. The number of hydrogen-bond acceptors (Lipinski definition) is 2. The van der Waals surface area contributed by atoms with Gasteiger partial charge in [-0.05, 0) is 18.2 Å². The molecule has 118 valence electrons. The molecule has 0 atom stereocenters. The van der Waals surface area contributed by atoms with Crippen molar-refractivity contribution in [3.63, 3.8) is 0 Å². The smallest absolute Gasteiger partial charge is 0.497 e. The van der Waals surface area contributed by atoms with E-state index in [1.807, 2.05) is 0 Å². The Labute approximate surface area is 172 Å². The molecule has 0 aliphatic heterocycles. The van der Waals surface area contributed by atoms with Crippen LogP contribution in [0.5, 0.6) is 11.5 Å². The third kappa shape index (κ3) is 5.46. The number of ether oxygens (including phenoxy) is 2. The van der Waals surface area contributed by atoms with Crippen LogP contribution < -0.4 is 66.3 Å². The van der Waals surface area contributed by atoms with Crippen molar-refractivity contribution in [2.45, 2.75) is 6.61 Å². The van der Waals surface area contributed by atoms with E-state index in [1.54, 1.807) is 0 Å². The summed E-state index contributed by atoms with van der Waals surface area (Å²) in [6, 6.07) is 6.31. The first-order chi connectivity index (χ1) is 10.3. The normalized spacial score (nSPS) is 10.9. The van der Waals surface area contributed by atoms with Crippen molar-refractivity contribution in [3.8, 4) is 11.5 Å². The van der Waals surface area contributed by atoms with Crippen LogP contribution in [0.3, 0.4) is 0 Å². The van der Waals surface area contributed by atoms with Crippen LogP contribution >= 0.6 is 0 Å². The molecular formula is C14H11BF5KO2. The fourth-order valence-corrected chi connectivity index (χ4v) is 1.80. The fraction of sp³-hybridized carbons (Fsp3) is 0.143.